The van der Waals surface area contributed by atoms with Crippen molar-refractivity contribution in [1.29, 1.82) is 0 Å². The van der Waals surface area contributed by atoms with Crippen molar-refractivity contribution < 1.29 is 9.84 Å². The van der Waals surface area contributed by atoms with Crippen molar-refractivity contribution in [3.8, 4) is 5.75 Å². The highest BCUT2D eigenvalue weighted by molar-refractivity contribution is 5.93. The van der Waals surface area contributed by atoms with Gasteiger partial charge in [-0.3, -0.25) is 0 Å². The SMILES string of the molecule is C=CCc1c(CO)c(CC)c2ccccc2c1OC. The molecule has 0 saturated heterocycles. The summed E-state index contributed by atoms with van der Waals surface area (Å²) >= 11 is 0. The molecule has 0 aliphatic rings. The number of allylic oxidation sites excluding steroid dienone is 1. The second-order valence-corrected chi connectivity index (χ2v) is 4.52. The van der Waals surface area contributed by atoms with Crippen molar-refractivity contribution in [3.05, 3.63) is 53.6 Å². The molecule has 0 spiro atoms. The van der Waals surface area contributed by atoms with Gasteiger partial charge in [-0.05, 0) is 29.4 Å². The van der Waals surface area contributed by atoms with Gasteiger partial charge in [0.25, 0.3) is 0 Å². The second kappa shape index (κ2) is 5.89. The lowest BCUT2D eigenvalue weighted by atomic mass is 9.90. The molecule has 0 heterocycles. The van der Waals surface area contributed by atoms with Crippen molar-refractivity contribution in [2.24, 2.45) is 0 Å². The van der Waals surface area contributed by atoms with Crippen LogP contribution in [0.5, 0.6) is 5.75 Å². The van der Waals surface area contributed by atoms with E-state index in [1.54, 1.807) is 7.11 Å². The summed E-state index contributed by atoms with van der Waals surface area (Å²) in [6.45, 7) is 5.96. The molecule has 0 aliphatic heterocycles. The third kappa shape index (κ3) is 2.24. The third-order valence-corrected chi connectivity index (χ3v) is 3.56. The van der Waals surface area contributed by atoms with Gasteiger partial charge >= 0.3 is 0 Å². The minimum atomic E-state index is 0.0353. The molecule has 0 aromatic heterocycles. The molecule has 2 rings (SSSR count). The van der Waals surface area contributed by atoms with Crippen molar-refractivity contribution in [2.75, 3.05) is 7.11 Å². The van der Waals surface area contributed by atoms with Crippen molar-refractivity contribution in [3.63, 3.8) is 0 Å². The number of methoxy groups -OCH3 is 1. The second-order valence-electron chi connectivity index (χ2n) is 4.52. The summed E-state index contributed by atoms with van der Waals surface area (Å²) in [6, 6.07) is 8.20. The lowest BCUT2D eigenvalue weighted by Gasteiger charge is -2.19. The fourth-order valence-corrected chi connectivity index (χ4v) is 2.78. The van der Waals surface area contributed by atoms with Gasteiger partial charge in [0.1, 0.15) is 5.75 Å². The average molecular weight is 256 g/mol. The highest BCUT2D eigenvalue weighted by Gasteiger charge is 2.17. The maximum atomic E-state index is 9.75. The van der Waals surface area contributed by atoms with Gasteiger partial charge in [0.15, 0.2) is 0 Å². The van der Waals surface area contributed by atoms with E-state index in [1.165, 1.54) is 10.9 Å². The fraction of sp³-hybridized carbons (Fsp3) is 0.294. The summed E-state index contributed by atoms with van der Waals surface area (Å²) < 4.78 is 5.59. The van der Waals surface area contributed by atoms with Crippen LogP contribution in [0.3, 0.4) is 0 Å². The lowest BCUT2D eigenvalue weighted by Crippen LogP contribution is -2.04. The van der Waals surface area contributed by atoms with Gasteiger partial charge in [0.05, 0.1) is 13.7 Å². The predicted octanol–water partition coefficient (Wildman–Crippen LogP) is 3.63. The van der Waals surface area contributed by atoms with Gasteiger partial charge in [-0.2, -0.15) is 0 Å². The van der Waals surface area contributed by atoms with Gasteiger partial charge < -0.3 is 9.84 Å². The molecule has 0 bridgehead atoms. The standard InChI is InChI=1S/C17H20O2/c1-4-8-14-16(11-18)12(5-2)13-9-6-7-10-15(13)17(14)19-3/h4,6-7,9-10,18H,1,5,8,11H2,2-3H3. The first-order chi connectivity index (χ1) is 9.28. The first-order valence-corrected chi connectivity index (χ1v) is 6.59. The Morgan fingerprint density at radius 1 is 1.16 bits per heavy atom. The van der Waals surface area contributed by atoms with Crippen LogP contribution in [0.1, 0.15) is 23.6 Å². The van der Waals surface area contributed by atoms with E-state index in [9.17, 15) is 5.11 Å². The molecule has 19 heavy (non-hydrogen) atoms. The van der Waals surface area contributed by atoms with E-state index in [2.05, 4.69) is 25.6 Å². The van der Waals surface area contributed by atoms with Crippen molar-refractivity contribution >= 4 is 10.8 Å². The summed E-state index contributed by atoms with van der Waals surface area (Å²) in [5.41, 5.74) is 3.24. The fourth-order valence-electron chi connectivity index (χ4n) is 2.78. The Morgan fingerprint density at radius 3 is 2.37 bits per heavy atom. The Hall–Kier alpha value is -1.80. The largest absolute Gasteiger partial charge is 0.496 e. The highest BCUT2D eigenvalue weighted by Crippen LogP contribution is 2.37. The number of aliphatic hydroxyl groups excluding tert-OH is 1. The van der Waals surface area contributed by atoms with Gasteiger partial charge in [-0.1, -0.05) is 37.3 Å². The van der Waals surface area contributed by atoms with Crippen LogP contribution >= 0.6 is 0 Å². The van der Waals surface area contributed by atoms with E-state index < -0.39 is 0 Å². The molecular formula is C17H20O2. The van der Waals surface area contributed by atoms with E-state index in [1.807, 2.05) is 18.2 Å². The normalized spacial score (nSPS) is 10.7. The molecule has 2 aromatic carbocycles. The van der Waals surface area contributed by atoms with Crippen molar-refractivity contribution in [1.82, 2.24) is 0 Å². The number of rotatable bonds is 5. The first-order valence-electron chi connectivity index (χ1n) is 6.59. The molecule has 1 N–H and O–H groups in total. The Bertz CT molecular complexity index is 600. The number of benzene rings is 2. The maximum Gasteiger partial charge on any atom is 0.130 e. The Kier molecular flexibility index (Phi) is 4.23. The summed E-state index contributed by atoms with van der Waals surface area (Å²) in [6.07, 6.45) is 3.45. The molecule has 0 aliphatic carbocycles. The van der Waals surface area contributed by atoms with Crippen LogP contribution in [0.2, 0.25) is 0 Å². The number of hydrogen-bond donors (Lipinski definition) is 1. The summed E-state index contributed by atoms with van der Waals surface area (Å²) in [5, 5.41) is 12.0. The van der Waals surface area contributed by atoms with E-state index in [0.29, 0.717) is 6.42 Å². The molecule has 0 atom stereocenters. The molecule has 100 valence electrons. The summed E-state index contributed by atoms with van der Waals surface area (Å²) in [4.78, 5) is 0. The Morgan fingerprint density at radius 2 is 1.84 bits per heavy atom. The van der Waals surface area contributed by atoms with Crippen LogP contribution in [0, 0.1) is 0 Å². The van der Waals surface area contributed by atoms with Crippen LogP contribution in [-0.2, 0) is 19.4 Å². The topological polar surface area (TPSA) is 29.5 Å². The zero-order valence-corrected chi connectivity index (χ0v) is 11.6. The Balaban J connectivity index is 2.92. The lowest BCUT2D eigenvalue weighted by molar-refractivity contribution is 0.279. The predicted molar refractivity (Wildman–Crippen MR) is 79.7 cm³/mol. The van der Waals surface area contributed by atoms with Gasteiger partial charge in [0, 0.05) is 10.9 Å². The van der Waals surface area contributed by atoms with Gasteiger partial charge in [-0.25, -0.2) is 0 Å². The van der Waals surface area contributed by atoms with Crippen LogP contribution in [0.15, 0.2) is 36.9 Å². The monoisotopic (exact) mass is 256 g/mol. The quantitative estimate of drug-likeness (QED) is 0.828. The molecule has 0 unspecified atom stereocenters. The number of ether oxygens (including phenoxy) is 1. The van der Waals surface area contributed by atoms with Gasteiger partial charge in [0.2, 0.25) is 0 Å². The van der Waals surface area contributed by atoms with Crippen molar-refractivity contribution in [2.45, 2.75) is 26.4 Å². The number of aryl methyl sites for hydroxylation is 1. The molecule has 2 nitrogen and oxygen atoms in total. The van der Waals surface area contributed by atoms with E-state index in [-0.39, 0.29) is 6.61 Å². The molecule has 0 radical (unpaired) electrons. The van der Waals surface area contributed by atoms with Crippen LogP contribution in [0.4, 0.5) is 0 Å². The maximum absolute atomic E-state index is 9.75. The van der Waals surface area contributed by atoms with E-state index in [4.69, 9.17) is 4.74 Å². The minimum absolute atomic E-state index is 0.0353. The molecule has 2 heteroatoms. The molecule has 0 fully saturated rings. The number of fused-ring (bicyclic) bond motifs is 1. The molecule has 2 aromatic rings. The van der Waals surface area contributed by atoms with E-state index >= 15 is 0 Å². The zero-order valence-electron chi connectivity index (χ0n) is 11.6. The smallest absolute Gasteiger partial charge is 0.130 e. The molecule has 0 saturated carbocycles. The van der Waals surface area contributed by atoms with E-state index in [0.717, 1.165) is 28.7 Å². The average Bonchev–Trinajstić information content (AvgIpc) is 2.46. The van der Waals surface area contributed by atoms with Crippen LogP contribution in [-0.4, -0.2) is 12.2 Å². The number of hydrogen-bond acceptors (Lipinski definition) is 2. The summed E-state index contributed by atoms with van der Waals surface area (Å²) in [5.74, 6) is 0.858. The zero-order chi connectivity index (χ0) is 13.8. The van der Waals surface area contributed by atoms with Crippen LogP contribution < -0.4 is 4.74 Å². The number of aliphatic hydroxyl groups is 1. The Labute approximate surface area is 114 Å². The third-order valence-electron chi connectivity index (χ3n) is 3.56. The molecule has 0 amide bonds. The first kappa shape index (κ1) is 13.6. The van der Waals surface area contributed by atoms with Gasteiger partial charge in [-0.15, -0.1) is 6.58 Å². The minimum Gasteiger partial charge on any atom is -0.496 e. The van der Waals surface area contributed by atoms with Crippen LogP contribution in [0.25, 0.3) is 10.8 Å². The molecular weight excluding hydrogens is 236 g/mol. The highest BCUT2D eigenvalue weighted by atomic mass is 16.5. The summed E-state index contributed by atoms with van der Waals surface area (Å²) in [7, 11) is 1.68.